The predicted molar refractivity (Wildman–Crippen MR) is 120 cm³/mol. The third kappa shape index (κ3) is 4.53. The summed E-state index contributed by atoms with van der Waals surface area (Å²) in [6.45, 7) is 1.55. The highest BCUT2D eigenvalue weighted by Crippen LogP contribution is 2.31. The minimum Gasteiger partial charge on any atom is -0.326 e. The molecule has 0 fully saturated rings. The molecule has 1 aliphatic heterocycles. The zero-order chi connectivity index (χ0) is 22.0. The molecule has 1 aliphatic rings. The van der Waals surface area contributed by atoms with Crippen LogP contribution in [-0.2, 0) is 32.6 Å². The van der Waals surface area contributed by atoms with Crippen molar-refractivity contribution in [1.29, 1.82) is 0 Å². The molecule has 31 heavy (non-hydrogen) atoms. The fraction of sp³-hybridized carbons (Fsp3) is 0.182. The van der Waals surface area contributed by atoms with Gasteiger partial charge in [0, 0.05) is 24.8 Å². The fourth-order valence-corrected chi connectivity index (χ4v) is 6.25. The van der Waals surface area contributed by atoms with Crippen molar-refractivity contribution in [2.45, 2.75) is 30.1 Å². The lowest BCUT2D eigenvalue weighted by Crippen LogP contribution is -2.50. The van der Waals surface area contributed by atoms with Crippen LogP contribution in [0.15, 0.2) is 70.3 Å². The molecular weight excluding hydrogens is 434 g/mol. The van der Waals surface area contributed by atoms with E-state index in [0.29, 0.717) is 11.4 Å². The second-order valence-electron chi connectivity index (χ2n) is 7.22. The van der Waals surface area contributed by atoms with Crippen LogP contribution < -0.4 is 10.6 Å². The molecular formula is C22H21N3O4S2. The Morgan fingerprint density at radius 1 is 0.935 bits per heavy atom. The molecule has 4 rings (SSSR count). The van der Waals surface area contributed by atoms with Gasteiger partial charge in [-0.2, -0.15) is 4.31 Å². The van der Waals surface area contributed by atoms with Crippen LogP contribution >= 0.6 is 11.3 Å². The number of fused-ring (bicyclic) bond motifs is 1. The number of sulfonamides is 1. The first-order valence-electron chi connectivity index (χ1n) is 9.65. The molecule has 2 aromatic carbocycles. The van der Waals surface area contributed by atoms with Gasteiger partial charge in [0.05, 0.1) is 0 Å². The van der Waals surface area contributed by atoms with E-state index in [1.165, 1.54) is 11.2 Å². The van der Waals surface area contributed by atoms with Crippen LogP contribution in [0.25, 0.3) is 0 Å². The van der Waals surface area contributed by atoms with Gasteiger partial charge in [-0.05, 0) is 53.3 Å². The molecule has 0 aliphatic carbocycles. The Labute approximate surface area is 184 Å². The first kappa shape index (κ1) is 21.2. The lowest BCUT2D eigenvalue weighted by Gasteiger charge is -2.34. The van der Waals surface area contributed by atoms with Gasteiger partial charge in [0.2, 0.25) is 11.8 Å². The van der Waals surface area contributed by atoms with E-state index in [1.807, 2.05) is 24.3 Å². The van der Waals surface area contributed by atoms with Gasteiger partial charge >= 0.3 is 0 Å². The van der Waals surface area contributed by atoms with Crippen molar-refractivity contribution in [3.63, 3.8) is 0 Å². The van der Waals surface area contributed by atoms with Crippen LogP contribution in [0.4, 0.5) is 11.4 Å². The molecule has 0 saturated heterocycles. The first-order chi connectivity index (χ1) is 14.8. The lowest BCUT2D eigenvalue weighted by molar-refractivity contribution is -0.120. The molecule has 1 aromatic heterocycles. The SMILES string of the molecule is CC(=O)Nc1ccc(NC(=O)[C@@H]2Cc3ccccc3CN2S(=O)(=O)c2cccs2)cc1. The van der Waals surface area contributed by atoms with Gasteiger partial charge in [-0.25, -0.2) is 8.42 Å². The summed E-state index contributed by atoms with van der Waals surface area (Å²) in [6, 6.07) is 16.6. The van der Waals surface area contributed by atoms with Gasteiger partial charge in [-0.3, -0.25) is 9.59 Å². The zero-order valence-electron chi connectivity index (χ0n) is 16.7. The molecule has 160 valence electrons. The molecule has 0 bridgehead atoms. The summed E-state index contributed by atoms with van der Waals surface area (Å²) < 4.78 is 28.1. The number of carbonyl (C=O) groups excluding carboxylic acids is 2. The Kier molecular flexibility index (Phi) is 5.90. The minimum atomic E-state index is -3.82. The maximum atomic E-state index is 13.3. The van der Waals surface area contributed by atoms with Gasteiger partial charge in [0.1, 0.15) is 10.3 Å². The Morgan fingerprint density at radius 3 is 2.19 bits per heavy atom. The van der Waals surface area contributed by atoms with E-state index < -0.39 is 22.0 Å². The van der Waals surface area contributed by atoms with E-state index in [2.05, 4.69) is 10.6 Å². The van der Waals surface area contributed by atoms with Crippen molar-refractivity contribution >= 4 is 44.5 Å². The number of amides is 2. The summed E-state index contributed by atoms with van der Waals surface area (Å²) in [5.74, 6) is -0.589. The van der Waals surface area contributed by atoms with Crippen LogP contribution in [0.2, 0.25) is 0 Å². The molecule has 0 saturated carbocycles. The molecule has 3 aromatic rings. The second kappa shape index (κ2) is 8.62. The number of benzene rings is 2. The van der Waals surface area contributed by atoms with Crippen molar-refractivity contribution in [3.05, 3.63) is 77.2 Å². The van der Waals surface area contributed by atoms with Crippen LogP contribution in [0.1, 0.15) is 18.1 Å². The van der Waals surface area contributed by atoms with Crippen molar-refractivity contribution in [1.82, 2.24) is 4.31 Å². The number of hydrogen-bond donors (Lipinski definition) is 2. The molecule has 0 spiro atoms. The van der Waals surface area contributed by atoms with E-state index in [-0.39, 0.29) is 23.1 Å². The van der Waals surface area contributed by atoms with Crippen molar-refractivity contribution in [2.75, 3.05) is 10.6 Å². The normalized spacial score (nSPS) is 16.4. The minimum absolute atomic E-state index is 0.135. The van der Waals surface area contributed by atoms with Crippen molar-refractivity contribution < 1.29 is 18.0 Å². The Hall–Kier alpha value is -3.01. The zero-order valence-corrected chi connectivity index (χ0v) is 18.4. The van der Waals surface area contributed by atoms with Gasteiger partial charge in [0.25, 0.3) is 10.0 Å². The maximum absolute atomic E-state index is 13.3. The van der Waals surface area contributed by atoms with Crippen molar-refractivity contribution in [2.24, 2.45) is 0 Å². The molecule has 0 unspecified atom stereocenters. The summed E-state index contributed by atoms with van der Waals surface area (Å²) in [5.41, 5.74) is 2.98. The average molecular weight is 456 g/mol. The molecule has 9 heteroatoms. The van der Waals surface area contributed by atoms with E-state index >= 15 is 0 Å². The van der Waals surface area contributed by atoms with Crippen LogP contribution in [0.3, 0.4) is 0 Å². The maximum Gasteiger partial charge on any atom is 0.253 e. The Morgan fingerprint density at radius 2 is 1.58 bits per heavy atom. The van der Waals surface area contributed by atoms with E-state index in [1.54, 1.807) is 41.8 Å². The average Bonchev–Trinajstić information content (AvgIpc) is 3.30. The lowest BCUT2D eigenvalue weighted by atomic mass is 9.95. The first-order valence-corrected chi connectivity index (χ1v) is 12.0. The number of thiophene rings is 1. The molecule has 2 heterocycles. The van der Waals surface area contributed by atoms with E-state index in [9.17, 15) is 18.0 Å². The van der Waals surface area contributed by atoms with Gasteiger partial charge in [-0.15, -0.1) is 11.3 Å². The fourth-order valence-electron chi connectivity index (χ4n) is 3.57. The van der Waals surface area contributed by atoms with Gasteiger partial charge < -0.3 is 10.6 Å². The molecule has 2 amide bonds. The number of nitrogens with zero attached hydrogens (tertiary/aromatic N) is 1. The summed E-state index contributed by atoms with van der Waals surface area (Å²) in [5, 5.41) is 7.19. The topological polar surface area (TPSA) is 95.6 Å². The summed E-state index contributed by atoms with van der Waals surface area (Å²) >= 11 is 1.13. The van der Waals surface area contributed by atoms with Crippen LogP contribution in [-0.4, -0.2) is 30.6 Å². The quantitative estimate of drug-likeness (QED) is 0.616. The van der Waals surface area contributed by atoms with E-state index in [4.69, 9.17) is 0 Å². The second-order valence-corrected chi connectivity index (χ2v) is 10.3. The van der Waals surface area contributed by atoms with E-state index in [0.717, 1.165) is 22.5 Å². The monoisotopic (exact) mass is 455 g/mol. The van der Waals surface area contributed by atoms with Crippen molar-refractivity contribution in [3.8, 4) is 0 Å². The summed E-state index contributed by atoms with van der Waals surface area (Å²) in [6.07, 6.45) is 0.288. The Balaban J connectivity index is 1.62. The molecule has 2 N–H and O–H groups in total. The largest absolute Gasteiger partial charge is 0.326 e. The van der Waals surface area contributed by atoms with Crippen LogP contribution in [0, 0.1) is 0 Å². The molecule has 1 atom stereocenters. The highest BCUT2D eigenvalue weighted by Gasteiger charge is 2.40. The number of carbonyl (C=O) groups is 2. The third-order valence-electron chi connectivity index (χ3n) is 5.04. The smallest absolute Gasteiger partial charge is 0.253 e. The number of nitrogens with one attached hydrogen (secondary N) is 2. The van der Waals surface area contributed by atoms with Gasteiger partial charge in [0.15, 0.2) is 0 Å². The van der Waals surface area contributed by atoms with Gasteiger partial charge in [-0.1, -0.05) is 30.3 Å². The number of anilines is 2. The molecule has 0 radical (unpaired) electrons. The number of hydrogen-bond acceptors (Lipinski definition) is 5. The van der Waals surface area contributed by atoms with Crippen LogP contribution in [0.5, 0.6) is 0 Å². The summed E-state index contributed by atoms with van der Waals surface area (Å²) in [4.78, 5) is 24.4. The Bertz CT molecular complexity index is 1210. The third-order valence-corrected chi connectivity index (χ3v) is 8.27. The predicted octanol–water partition coefficient (Wildman–Crippen LogP) is 3.46. The molecule has 7 nitrogen and oxygen atoms in total. The number of rotatable bonds is 5. The standard InChI is InChI=1S/C22H21N3O4S2/c1-15(26)23-18-8-10-19(11-9-18)24-22(27)20-13-16-5-2-3-6-17(16)14-25(20)31(28,29)21-7-4-12-30-21/h2-12,20H,13-14H2,1H3,(H,23,26)(H,24,27)/t20-/m0/s1. The highest BCUT2D eigenvalue weighted by atomic mass is 32.2. The highest BCUT2D eigenvalue weighted by molar-refractivity contribution is 7.91. The summed E-state index contributed by atoms with van der Waals surface area (Å²) in [7, 11) is -3.82.